The summed E-state index contributed by atoms with van der Waals surface area (Å²) in [4.78, 5) is 25.8. The lowest BCUT2D eigenvalue weighted by Crippen LogP contribution is -2.25. The molecular weight excluding hydrogens is 394 g/mol. The highest BCUT2D eigenvalue weighted by molar-refractivity contribution is 6.15. The smallest absolute Gasteiger partial charge is 0.414 e. The molecule has 0 atom stereocenters. The van der Waals surface area contributed by atoms with Gasteiger partial charge in [0.05, 0.1) is 28.6 Å². The second kappa shape index (κ2) is 8.39. The van der Waals surface area contributed by atoms with E-state index in [2.05, 4.69) is 0 Å². The molecule has 0 unspecified atom stereocenters. The van der Waals surface area contributed by atoms with Crippen molar-refractivity contribution in [1.82, 2.24) is 9.30 Å². The largest absolute Gasteiger partial charge is 0.492 e. The number of carbonyl (C=O) groups excluding carboxylic acids is 2. The van der Waals surface area contributed by atoms with Gasteiger partial charge in [0, 0.05) is 38.8 Å². The average molecular weight is 417 g/mol. The Kier molecular flexibility index (Phi) is 5.49. The number of primary amides is 1. The van der Waals surface area contributed by atoms with Crippen molar-refractivity contribution in [2.45, 2.75) is 6.42 Å². The zero-order chi connectivity index (χ0) is 22.0. The van der Waals surface area contributed by atoms with Gasteiger partial charge in [-0.25, -0.2) is 4.79 Å². The Morgan fingerprint density at radius 3 is 2.45 bits per heavy atom. The summed E-state index contributed by atoms with van der Waals surface area (Å²) in [7, 11) is 3.21. The summed E-state index contributed by atoms with van der Waals surface area (Å²) in [6.45, 7) is 0.384. The molecule has 0 bridgehead atoms. The number of aromatic nitrogens is 1. The standard InChI is InChI=1S/C24H23N3O4/c1-26(2)24(29)31-17-14-19-21(22(23(25)28)18-10-6-7-12-27(18)19)20(15-17)30-13-11-16-8-4-3-5-9-16/h3-10,12,14-15H,11,13H2,1-2H3,(H2,25,28). The van der Waals surface area contributed by atoms with E-state index in [9.17, 15) is 9.59 Å². The van der Waals surface area contributed by atoms with Crippen molar-refractivity contribution in [3.63, 3.8) is 0 Å². The maximum atomic E-state index is 12.4. The van der Waals surface area contributed by atoms with Crippen LogP contribution in [0.1, 0.15) is 15.9 Å². The average Bonchev–Trinajstić information content (AvgIpc) is 3.09. The third kappa shape index (κ3) is 4.02. The van der Waals surface area contributed by atoms with Gasteiger partial charge >= 0.3 is 6.09 Å². The van der Waals surface area contributed by atoms with Crippen molar-refractivity contribution in [1.29, 1.82) is 0 Å². The zero-order valence-electron chi connectivity index (χ0n) is 17.4. The molecule has 4 rings (SSSR count). The summed E-state index contributed by atoms with van der Waals surface area (Å²) in [5.41, 5.74) is 8.57. The first-order chi connectivity index (χ1) is 15.0. The van der Waals surface area contributed by atoms with Crippen LogP contribution in [0.25, 0.3) is 16.4 Å². The number of rotatable bonds is 6. The highest BCUT2D eigenvalue weighted by Gasteiger charge is 2.22. The van der Waals surface area contributed by atoms with Gasteiger partial charge in [0.15, 0.2) is 0 Å². The Morgan fingerprint density at radius 2 is 1.74 bits per heavy atom. The van der Waals surface area contributed by atoms with Crippen molar-refractivity contribution in [3.05, 3.63) is 78.0 Å². The molecule has 2 aromatic heterocycles. The third-order valence-electron chi connectivity index (χ3n) is 4.99. The molecule has 0 fully saturated rings. The first-order valence-corrected chi connectivity index (χ1v) is 9.88. The van der Waals surface area contributed by atoms with Crippen molar-refractivity contribution < 1.29 is 19.1 Å². The SMILES string of the molecule is CN(C)C(=O)Oc1cc(OCCc2ccccc2)c2c(C(N)=O)c3ccccn3c2c1. The summed E-state index contributed by atoms with van der Waals surface area (Å²) in [6.07, 6.45) is 2.00. The van der Waals surface area contributed by atoms with E-state index in [0.717, 1.165) is 5.56 Å². The van der Waals surface area contributed by atoms with Gasteiger partial charge in [-0.15, -0.1) is 0 Å². The van der Waals surface area contributed by atoms with E-state index in [-0.39, 0.29) is 0 Å². The number of hydrogen-bond acceptors (Lipinski definition) is 4. The number of benzene rings is 2. The van der Waals surface area contributed by atoms with Crippen LogP contribution in [0.3, 0.4) is 0 Å². The van der Waals surface area contributed by atoms with Gasteiger partial charge in [-0.1, -0.05) is 36.4 Å². The van der Waals surface area contributed by atoms with E-state index < -0.39 is 12.0 Å². The quantitative estimate of drug-likeness (QED) is 0.516. The summed E-state index contributed by atoms with van der Waals surface area (Å²) < 4.78 is 13.4. The molecule has 2 N–H and O–H groups in total. The van der Waals surface area contributed by atoms with E-state index in [0.29, 0.717) is 46.5 Å². The molecule has 0 aliphatic heterocycles. The van der Waals surface area contributed by atoms with Crippen molar-refractivity contribution in [3.8, 4) is 11.5 Å². The second-order valence-corrected chi connectivity index (χ2v) is 7.36. The lowest BCUT2D eigenvalue weighted by Gasteiger charge is -2.14. The van der Waals surface area contributed by atoms with Crippen LogP contribution in [0.5, 0.6) is 11.5 Å². The second-order valence-electron chi connectivity index (χ2n) is 7.36. The van der Waals surface area contributed by atoms with Crippen molar-refractivity contribution in [2.75, 3.05) is 20.7 Å². The predicted octanol–water partition coefficient (Wildman–Crippen LogP) is 3.87. The van der Waals surface area contributed by atoms with Gasteiger partial charge in [-0.2, -0.15) is 0 Å². The van der Waals surface area contributed by atoms with Crippen LogP contribution in [0.4, 0.5) is 4.79 Å². The number of nitrogens with zero attached hydrogens (tertiary/aromatic N) is 2. The van der Waals surface area contributed by atoms with Gasteiger partial charge in [0.2, 0.25) is 0 Å². The molecule has 2 aromatic carbocycles. The molecule has 2 heterocycles. The van der Waals surface area contributed by atoms with Gasteiger partial charge in [-0.3, -0.25) is 4.79 Å². The van der Waals surface area contributed by atoms with Crippen LogP contribution in [-0.2, 0) is 6.42 Å². The molecule has 0 aliphatic rings. The van der Waals surface area contributed by atoms with E-state index >= 15 is 0 Å². The molecule has 0 spiro atoms. The molecule has 31 heavy (non-hydrogen) atoms. The van der Waals surface area contributed by atoms with E-state index in [1.165, 1.54) is 4.90 Å². The minimum atomic E-state index is -0.551. The third-order valence-corrected chi connectivity index (χ3v) is 4.99. The Labute approximate surface area is 179 Å². The van der Waals surface area contributed by atoms with Gasteiger partial charge in [0.1, 0.15) is 11.5 Å². The summed E-state index contributed by atoms with van der Waals surface area (Å²) in [5.74, 6) is 0.206. The van der Waals surface area contributed by atoms with Crippen LogP contribution >= 0.6 is 0 Å². The lowest BCUT2D eigenvalue weighted by atomic mass is 10.1. The fourth-order valence-corrected chi connectivity index (χ4v) is 3.54. The molecule has 0 aliphatic carbocycles. The van der Waals surface area contributed by atoms with E-state index in [1.807, 2.05) is 59.1 Å². The fourth-order valence-electron chi connectivity index (χ4n) is 3.54. The lowest BCUT2D eigenvalue weighted by molar-refractivity contribution is 0.100. The highest BCUT2D eigenvalue weighted by atomic mass is 16.6. The molecule has 0 saturated heterocycles. The number of pyridine rings is 1. The number of fused-ring (bicyclic) bond motifs is 3. The van der Waals surface area contributed by atoms with Crippen molar-refractivity contribution in [2.24, 2.45) is 5.73 Å². The number of ether oxygens (including phenoxy) is 2. The molecule has 4 aromatic rings. The van der Waals surface area contributed by atoms with Gasteiger partial charge in [0.25, 0.3) is 5.91 Å². The fraction of sp³-hybridized carbons (Fsp3) is 0.167. The van der Waals surface area contributed by atoms with Crippen LogP contribution < -0.4 is 15.2 Å². The number of hydrogen-bond donors (Lipinski definition) is 1. The Bertz CT molecular complexity index is 1260. The Balaban J connectivity index is 1.82. The first-order valence-electron chi connectivity index (χ1n) is 9.88. The molecule has 7 nitrogen and oxygen atoms in total. The summed E-state index contributed by atoms with van der Waals surface area (Å²) in [5, 5.41) is 0.594. The Hall–Kier alpha value is -4.00. The Morgan fingerprint density at radius 1 is 1.00 bits per heavy atom. The minimum Gasteiger partial charge on any atom is -0.492 e. The molecule has 0 saturated carbocycles. The van der Waals surface area contributed by atoms with Gasteiger partial charge in [-0.05, 0) is 17.7 Å². The number of nitrogens with two attached hydrogens (primary N) is 1. The predicted molar refractivity (Wildman–Crippen MR) is 119 cm³/mol. The van der Waals surface area contributed by atoms with Crippen LogP contribution in [0.15, 0.2) is 66.9 Å². The molecule has 7 heteroatoms. The van der Waals surface area contributed by atoms with Crippen LogP contribution in [0.2, 0.25) is 0 Å². The monoisotopic (exact) mass is 417 g/mol. The summed E-state index contributed by atoms with van der Waals surface area (Å²) >= 11 is 0. The topological polar surface area (TPSA) is 86.3 Å². The molecular formula is C24H23N3O4. The number of carbonyl (C=O) groups is 2. The highest BCUT2D eigenvalue weighted by Crippen LogP contribution is 2.37. The molecule has 0 radical (unpaired) electrons. The minimum absolute atomic E-state index is 0.320. The first kappa shape index (κ1) is 20.3. The maximum absolute atomic E-state index is 12.4. The normalized spacial score (nSPS) is 10.9. The molecule has 2 amide bonds. The van der Waals surface area contributed by atoms with Gasteiger partial charge < -0.3 is 24.5 Å². The van der Waals surface area contributed by atoms with Crippen LogP contribution in [0, 0.1) is 0 Å². The zero-order valence-corrected chi connectivity index (χ0v) is 17.4. The van der Waals surface area contributed by atoms with E-state index in [1.54, 1.807) is 26.2 Å². The molecule has 158 valence electrons. The van der Waals surface area contributed by atoms with Crippen LogP contribution in [-0.4, -0.2) is 42.0 Å². The number of amides is 2. The maximum Gasteiger partial charge on any atom is 0.414 e. The summed E-state index contributed by atoms with van der Waals surface area (Å²) in [6, 6.07) is 18.8. The van der Waals surface area contributed by atoms with E-state index in [4.69, 9.17) is 15.2 Å². The van der Waals surface area contributed by atoms with Crippen molar-refractivity contribution >= 4 is 28.4 Å².